The van der Waals surface area contributed by atoms with Crippen LogP contribution < -0.4 is 10.6 Å². The number of hydrogen-bond donors (Lipinski definition) is 3. The minimum Gasteiger partial charge on any atom is -0.480 e. The molecule has 0 radical (unpaired) electrons. The van der Waals surface area contributed by atoms with Crippen LogP contribution in [0.2, 0.25) is 0 Å². The molecule has 3 rings (SSSR count). The van der Waals surface area contributed by atoms with Crippen LogP contribution in [0, 0.1) is 6.92 Å². The molecule has 0 aliphatic carbocycles. The summed E-state index contributed by atoms with van der Waals surface area (Å²) in [6, 6.07) is 12.6. The molecule has 1 aliphatic rings. The molecular formula is C21H25N3O3. The number of amides is 2. The zero-order valence-corrected chi connectivity index (χ0v) is 15.7. The van der Waals surface area contributed by atoms with Crippen LogP contribution in [-0.4, -0.2) is 34.6 Å². The number of urea groups is 1. The van der Waals surface area contributed by atoms with Crippen molar-refractivity contribution in [3.63, 3.8) is 0 Å². The fourth-order valence-electron chi connectivity index (χ4n) is 3.52. The van der Waals surface area contributed by atoms with Crippen molar-refractivity contribution < 1.29 is 14.7 Å². The maximum Gasteiger partial charge on any atom is 0.323 e. The third-order valence-corrected chi connectivity index (χ3v) is 4.97. The lowest BCUT2D eigenvalue weighted by Crippen LogP contribution is -2.43. The SMILES string of the molecule is CCC(C(=O)O)N1CCc2c(cccc2NC(=O)Nc2ccc(C)cc2)C1. The quantitative estimate of drug-likeness (QED) is 0.749. The van der Waals surface area contributed by atoms with Crippen LogP contribution in [0.3, 0.4) is 0 Å². The van der Waals surface area contributed by atoms with E-state index in [0.29, 0.717) is 25.9 Å². The predicted molar refractivity (Wildman–Crippen MR) is 106 cm³/mol. The lowest BCUT2D eigenvalue weighted by molar-refractivity contribution is -0.143. The van der Waals surface area contributed by atoms with E-state index in [1.165, 1.54) is 0 Å². The Labute approximate surface area is 159 Å². The maximum absolute atomic E-state index is 12.4. The van der Waals surface area contributed by atoms with Gasteiger partial charge in [-0.15, -0.1) is 0 Å². The number of nitrogens with zero attached hydrogens (tertiary/aromatic N) is 1. The van der Waals surface area contributed by atoms with Gasteiger partial charge in [0, 0.05) is 24.5 Å². The number of hydrogen-bond acceptors (Lipinski definition) is 3. The summed E-state index contributed by atoms with van der Waals surface area (Å²) < 4.78 is 0. The smallest absolute Gasteiger partial charge is 0.323 e. The fraction of sp³-hybridized carbons (Fsp3) is 0.333. The van der Waals surface area contributed by atoms with Crippen molar-refractivity contribution in [1.82, 2.24) is 4.90 Å². The third-order valence-electron chi connectivity index (χ3n) is 4.97. The molecule has 1 heterocycles. The first-order valence-electron chi connectivity index (χ1n) is 9.20. The van der Waals surface area contributed by atoms with Crippen molar-refractivity contribution >= 4 is 23.4 Å². The Morgan fingerprint density at radius 2 is 1.89 bits per heavy atom. The van der Waals surface area contributed by atoms with E-state index in [9.17, 15) is 14.7 Å². The number of aliphatic carboxylic acids is 1. The van der Waals surface area contributed by atoms with E-state index in [0.717, 1.165) is 28.1 Å². The summed E-state index contributed by atoms with van der Waals surface area (Å²) in [4.78, 5) is 25.8. The summed E-state index contributed by atoms with van der Waals surface area (Å²) >= 11 is 0. The Bertz CT molecular complexity index is 833. The van der Waals surface area contributed by atoms with E-state index in [-0.39, 0.29) is 6.03 Å². The molecule has 0 fully saturated rings. The van der Waals surface area contributed by atoms with Crippen molar-refractivity contribution in [2.75, 3.05) is 17.2 Å². The Kier molecular flexibility index (Phi) is 5.76. The highest BCUT2D eigenvalue weighted by atomic mass is 16.4. The number of carboxylic acid groups (broad SMARTS) is 1. The first kappa shape index (κ1) is 18.9. The Morgan fingerprint density at radius 1 is 1.15 bits per heavy atom. The molecule has 27 heavy (non-hydrogen) atoms. The molecule has 142 valence electrons. The van der Waals surface area contributed by atoms with Crippen LogP contribution in [0.1, 0.15) is 30.0 Å². The number of aryl methyl sites for hydroxylation is 1. The number of carbonyl (C=O) groups is 2. The number of anilines is 2. The summed E-state index contributed by atoms with van der Waals surface area (Å²) in [7, 11) is 0. The van der Waals surface area contributed by atoms with Crippen molar-refractivity contribution in [2.24, 2.45) is 0 Å². The average molecular weight is 367 g/mol. The Morgan fingerprint density at radius 3 is 2.56 bits per heavy atom. The minimum atomic E-state index is -0.785. The van der Waals surface area contributed by atoms with E-state index in [1.54, 1.807) is 0 Å². The lowest BCUT2D eigenvalue weighted by Gasteiger charge is -2.33. The van der Waals surface area contributed by atoms with E-state index in [2.05, 4.69) is 10.6 Å². The zero-order chi connectivity index (χ0) is 19.4. The second-order valence-electron chi connectivity index (χ2n) is 6.87. The molecule has 0 aromatic heterocycles. The molecule has 2 amide bonds. The average Bonchev–Trinajstić information content (AvgIpc) is 2.64. The monoisotopic (exact) mass is 367 g/mol. The minimum absolute atomic E-state index is 0.286. The van der Waals surface area contributed by atoms with Gasteiger partial charge in [0.25, 0.3) is 0 Å². The van der Waals surface area contributed by atoms with Crippen LogP contribution in [-0.2, 0) is 17.8 Å². The van der Waals surface area contributed by atoms with Crippen LogP contribution in [0.4, 0.5) is 16.2 Å². The molecule has 0 saturated heterocycles. The highest BCUT2D eigenvalue weighted by molar-refractivity contribution is 6.00. The highest BCUT2D eigenvalue weighted by Crippen LogP contribution is 2.28. The second-order valence-corrected chi connectivity index (χ2v) is 6.87. The first-order chi connectivity index (χ1) is 13.0. The van der Waals surface area contributed by atoms with Crippen LogP contribution >= 0.6 is 0 Å². The van der Waals surface area contributed by atoms with E-state index in [1.807, 2.05) is 61.2 Å². The lowest BCUT2D eigenvalue weighted by atomic mass is 9.96. The summed E-state index contributed by atoms with van der Waals surface area (Å²) in [5, 5.41) is 15.2. The van der Waals surface area contributed by atoms with Gasteiger partial charge in [0.05, 0.1) is 0 Å². The highest BCUT2D eigenvalue weighted by Gasteiger charge is 2.28. The van der Waals surface area contributed by atoms with Gasteiger partial charge < -0.3 is 15.7 Å². The van der Waals surface area contributed by atoms with Gasteiger partial charge in [-0.05, 0) is 49.1 Å². The normalized spacial score (nSPS) is 14.9. The van der Waals surface area contributed by atoms with Crippen LogP contribution in [0.15, 0.2) is 42.5 Å². The molecule has 6 heteroatoms. The number of rotatable bonds is 5. The number of nitrogens with one attached hydrogen (secondary N) is 2. The molecule has 1 atom stereocenters. The third kappa shape index (κ3) is 4.46. The number of carboxylic acids is 1. The molecule has 3 N–H and O–H groups in total. The molecule has 2 aromatic carbocycles. The van der Waals surface area contributed by atoms with Crippen molar-refractivity contribution in [3.8, 4) is 0 Å². The van der Waals surface area contributed by atoms with Gasteiger partial charge in [0.15, 0.2) is 0 Å². The second kappa shape index (κ2) is 8.22. The van der Waals surface area contributed by atoms with Crippen LogP contribution in [0.5, 0.6) is 0 Å². The van der Waals surface area contributed by atoms with Crippen LogP contribution in [0.25, 0.3) is 0 Å². The summed E-state index contributed by atoms with van der Waals surface area (Å²) in [5.74, 6) is -0.785. The topological polar surface area (TPSA) is 81.7 Å². The van der Waals surface area contributed by atoms with E-state index < -0.39 is 12.0 Å². The maximum atomic E-state index is 12.4. The van der Waals surface area contributed by atoms with Crippen molar-refractivity contribution in [3.05, 3.63) is 59.2 Å². The molecule has 2 aromatic rings. The standard InChI is InChI=1S/C21H25N3O3/c1-3-19(20(25)26)24-12-11-17-15(13-24)5-4-6-18(17)23-21(27)22-16-9-7-14(2)8-10-16/h4-10,19H,3,11-13H2,1-2H3,(H,25,26)(H2,22,23,27). The summed E-state index contributed by atoms with van der Waals surface area (Å²) in [5.41, 5.74) is 4.79. The Hall–Kier alpha value is -2.86. The van der Waals surface area contributed by atoms with Gasteiger partial charge in [-0.2, -0.15) is 0 Å². The Balaban J connectivity index is 1.71. The first-order valence-corrected chi connectivity index (χ1v) is 9.20. The number of fused-ring (bicyclic) bond motifs is 1. The number of benzene rings is 2. The van der Waals surface area contributed by atoms with E-state index in [4.69, 9.17) is 0 Å². The van der Waals surface area contributed by atoms with Gasteiger partial charge in [-0.3, -0.25) is 9.69 Å². The fourth-order valence-corrected chi connectivity index (χ4v) is 3.52. The van der Waals surface area contributed by atoms with Gasteiger partial charge in [-0.25, -0.2) is 4.79 Å². The van der Waals surface area contributed by atoms with Gasteiger partial charge >= 0.3 is 12.0 Å². The van der Waals surface area contributed by atoms with Gasteiger partial charge in [0.2, 0.25) is 0 Å². The van der Waals surface area contributed by atoms with Crippen molar-refractivity contribution in [1.29, 1.82) is 0 Å². The molecule has 1 unspecified atom stereocenters. The molecule has 0 saturated carbocycles. The molecule has 0 bridgehead atoms. The summed E-state index contributed by atoms with van der Waals surface area (Å²) in [6.07, 6.45) is 1.28. The summed E-state index contributed by atoms with van der Waals surface area (Å²) in [6.45, 7) is 5.13. The zero-order valence-electron chi connectivity index (χ0n) is 15.7. The number of carbonyl (C=O) groups excluding carboxylic acids is 1. The van der Waals surface area contributed by atoms with Gasteiger partial charge in [-0.1, -0.05) is 36.8 Å². The largest absolute Gasteiger partial charge is 0.480 e. The molecule has 1 aliphatic heterocycles. The molecule has 6 nitrogen and oxygen atoms in total. The molecular weight excluding hydrogens is 342 g/mol. The van der Waals surface area contributed by atoms with Gasteiger partial charge in [0.1, 0.15) is 6.04 Å². The predicted octanol–water partition coefficient (Wildman–Crippen LogP) is 3.86. The molecule has 0 spiro atoms. The van der Waals surface area contributed by atoms with E-state index >= 15 is 0 Å². The van der Waals surface area contributed by atoms with Crippen molar-refractivity contribution in [2.45, 2.75) is 39.3 Å².